The van der Waals surface area contributed by atoms with E-state index in [0.29, 0.717) is 12.4 Å². The fourth-order valence-corrected chi connectivity index (χ4v) is 0.940. The Morgan fingerprint density at radius 3 is 2.88 bits per heavy atom. The fourth-order valence-electron chi connectivity index (χ4n) is 0.940. The molecule has 0 aliphatic rings. The highest BCUT2D eigenvalue weighted by Crippen LogP contribution is 2.01. The third-order valence-corrected chi connectivity index (χ3v) is 1.77. The molecule has 0 bridgehead atoms. The summed E-state index contributed by atoms with van der Waals surface area (Å²) < 4.78 is 9.99. The molecule has 0 radical (unpaired) electrons. The van der Waals surface area contributed by atoms with Gasteiger partial charge in [0, 0.05) is 6.08 Å². The van der Waals surface area contributed by atoms with Crippen molar-refractivity contribution in [2.45, 2.75) is 0 Å². The number of halogens is 1. The highest BCUT2D eigenvalue weighted by atomic mass is 35.5. The molecule has 0 amide bonds. The van der Waals surface area contributed by atoms with Gasteiger partial charge >= 0.3 is 5.97 Å². The minimum absolute atomic E-state index is 0. The Balaban J connectivity index is 0.00000225. The van der Waals surface area contributed by atoms with Gasteiger partial charge in [-0.1, -0.05) is 0 Å². The Morgan fingerprint density at radius 1 is 1.56 bits per heavy atom. The summed E-state index contributed by atoms with van der Waals surface area (Å²) in [5.74, 6) is 0.304. The molecule has 0 aliphatic carbocycles. The van der Waals surface area contributed by atoms with Crippen molar-refractivity contribution in [1.82, 2.24) is 0 Å². The van der Waals surface area contributed by atoms with Crippen molar-refractivity contribution in [3.05, 3.63) is 30.2 Å². The molecule has 90 valence electrons. The number of furan rings is 1. The highest BCUT2D eigenvalue weighted by molar-refractivity contribution is 5.86. The number of nitrogens with one attached hydrogen (secondary N) is 1. The second kappa shape index (κ2) is 7.96. The van der Waals surface area contributed by atoms with E-state index in [1.54, 1.807) is 24.5 Å². The summed E-state index contributed by atoms with van der Waals surface area (Å²) in [5, 5.41) is 0. The predicted molar refractivity (Wildman–Crippen MR) is 56.4 cm³/mol. The van der Waals surface area contributed by atoms with E-state index in [0.717, 1.165) is 6.54 Å². The lowest BCUT2D eigenvalue weighted by Gasteiger charge is -2.06. The molecule has 0 saturated carbocycles. The molecule has 0 unspecified atom stereocenters. The predicted octanol–water partition coefficient (Wildman–Crippen LogP) is -3.02. The van der Waals surface area contributed by atoms with Crippen LogP contribution in [-0.2, 0) is 9.53 Å². The smallest absolute Gasteiger partial charge is 0.331 e. The number of esters is 1. The summed E-state index contributed by atoms with van der Waals surface area (Å²) in [7, 11) is 4.01. The molecule has 0 fully saturated rings. The molecule has 1 aromatic heterocycles. The lowest BCUT2D eigenvalue weighted by atomic mass is 10.4. The van der Waals surface area contributed by atoms with Gasteiger partial charge in [-0.25, -0.2) is 4.79 Å². The monoisotopic (exact) mass is 245 g/mol. The van der Waals surface area contributed by atoms with Crippen LogP contribution in [0.25, 0.3) is 6.08 Å². The number of hydrogen-bond donors (Lipinski definition) is 1. The van der Waals surface area contributed by atoms with E-state index in [1.165, 1.54) is 11.0 Å². The van der Waals surface area contributed by atoms with Crippen molar-refractivity contribution in [3.8, 4) is 0 Å². The molecule has 16 heavy (non-hydrogen) atoms. The zero-order chi connectivity index (χ0) is 11.1. The van der Waals surface area contributed by atoms with Crippen LogP contribution in [0.4, 0.5) is 0 Å². The van der Waals surface area contributed by atoms with E-state index < -0.39 is 0 Å². The second-order valence-electron chi connectivity index (χ2n) is 3.47. The Kier molecular flexibility index (Phi) is 7.33. The highest BCUT2D eigenvalue weighted by Gasteiger charge is 1.99. The van der Waals surface area contributed by atoms with Crippen LogP contribution in [0.15, 0.2) is 28.9 Å². The minimum Gasteiger partial charge on any atom is -1.00 e. The zero-order valence-electron chi connectivity index (χ0n) is 9.40. The van der Waals surface area contributed by atoms with Crippen LogP contribution in [0, 0.1) is 0 Å². The Bertz CT molecular complexity index is 320. The summed E-state index contributed by atoms with van der Waals surface area (Å²) >= 11 is 0. The summed E-state index contributed by atoms with van der Waals surface area (Å²) in [6, 6.07) is 3.54. The van der Waals surface area contributed by atoms with Crippen molar-refractivity contribution in [2.24, 2.45) is 0 Å². The lowest BCUT2D eigenvalue weighted by molar-refractivity contribution is -0.858. The molecule has 1 N–H and O–H groups in total. The molecule has 5 heteroatoms. The molecule has 1 aromatic rings. The van der Waals surface area contributed by atoms with E-state index in [-0.39, 0.29) is 18.4 Å². The molecular formula is C11H16ClNO3. The molecule has 0 spiro atoms. The topological polar surface area (TPSA) is 43.9 Å². The molecule has 0 aliphatic heterocycles. The number of quaternary nitrogens is 1. The first-order chi connectivity index (χ1) is 7.18. The van der Waals surface area contributed by atoms with E-state index >= 15 is 0 Å². The molecule has 4 nitrogen and oxygen atoms in total. The van der Waals surface area contributed by atoms with E-state index in [2.05, 4.69) is 0 Å². The first kappa shape index (κ1) is 14.7. The van der Waals surface area contributed by atoms with Gasteiger partial charge in [0.2, 0.25) is 0 Å². The van der Waals surface area contributed by atoms with Crippen molar-refractivity contribution in [1.29, 1.82) is 0 Å². The summed E-state index contributed by atoms with van der Waals surface area (Å²) in [6.07, 6.45) is 4.51. The lowest BCUT2D eigenvalue weighted by Crippen LogP contribution is -3.06. The van der Waals surface area contributed by atoms with Crippen molar-refractivity contribution in [3.63, 3.8) is 0 Å². The Labute approximate surface area is 101 Å². The summed E-state index contributed by atoms with van der Waals surface area (Å²) in [5.41, 5.74) is 0. The molecule has 0 aromatic carbocycles. The third kappa shape index (κ3) is 6.27. The standard InChI is InChI=1S/C11H15NO3.ClH/c1-12(2)7-9-15-11(13)6-5-10-4-3-8-14-10;/h3-6,8H,7,9H2,1-2H3;1H. The number of carbonyl (C=O) groups excluding carboxylic acids is 1. The van der Waals surface area contributed by atoms with E-state index in [1.807, 2.05) is 14.1 Å². The number of carbonyl (C=O) groups is 1. The number of likely N-dealkylation sites (N-methyl/N-ethyl adjacent to an activating group) is 1. The van der Waals surface area contributed by atoms with Crippen LogP contribution in [0.3, 0.4) is 0 Å². The molecular weight excluding hydrogens is 230 g/mol. The third-order valence-electron chi connectivity index (χ3n) is 1.77. The number of hydrogen-bond acceptors (Lipinski definition) is 3. The van der Waals surface area contributed by atoms with Gasteiger partial charge in [0.25, 0.3) is 0 Å². The average Bonchev–Trinajstić information content (AvgIpc) is 2.66. The molecule has 1 rings (SSSR count). The number of rotatable bonds is 5. The maximum Gasteiger partial charge on any atom is 0.331 e. The summed E-state index contributed by atoms with van der Waals surface area (Å²) in [6.45, 7) is 1.24. The van der Waals surface area contributed by atoms with Gasteiger partial charge in [-0.15, -0.1) is 0 Å². The number of ether oxygens (including phenoxy) is 1. The summed E-state index contributed by atoms with van der Waals surface area (Å²) in [4.78, 5) is 12.4. The second-order valence-corrected chi connectivity index (χ2v) is 3.47. The van der Waals surface area contributed by atoms with Crippen LogP contribution in [-0.4, -0.2) is 33.2 Å². The molecule has 1 heterocycles. The van der Waals surface area contributed by atoms with Gasteiger partial charge in [0.05, 0.1) is 20.4 Å². The van der Waals surface area contributed by atoms with E-state index in [9.17, 15) is 4.79 Å². The molecule has 0 atom stereocenters. The van der Waals surface area contributed by atoms with Gasteiger partial charge < -0.3 is 26.5 Å². The van der Waals surface area contributed by atoms with Gasteiger partial charge in [0.1, 0.15) is 18.9 Å². The first-order valence-electron chi connectivity index (χ1n) is 4.86. The normalized spacial score (nSPS) is 10.4. The van der Waals surface area contributed by atoms with Gasteiger partial charge in [0.15, 0.2) is 0 Å². The zero-order valence-corrected chi connectivity index (χ0v) is 10.2. The fraction of sp³-hybridized carbons (Fsp3) is 0.364. The van der Waals surface area contributed by atoms with Gasteiger partial charge in [-0.2, -0.15) is 0 Å². The first-order valence-corrected chi connectivity index (χ1v) is 4.86. The van der Waals surface area contributed by atoms with Crippen LogP contribution in [0.2, 0.25) is 0 Å². The maximum atomic E-state index is 11.2. The Hall–Kier alpha value is -1.26. The molecule has 0 saturated heterocycles. The Morgan fingerprint density at radius 2 is 2.31 bits per heavy atom. The van der Waals surface area contributed by atoms with Crippen LogP contribution in [0.5, 0.6) is 0 Å². The minimum atomic E-state index is -0.340. The van der Waals surface area contributed by atoms with Gasteiger partial charge in [-0.3, -0.25) is 0 Å². The van der Waals surface area contributed by atoms with Crippen LogP contribution >= 0.6 is 0 Å². The maximum absolute atomic E-state index is 11.2. The van der Waals surface area contributed by atoms with Crippen LogP contribution < -0.4 is 17.3 Å². The van der Waals surface area contributed by atoms with Crippen molar-refractivity contribution in [2.75, 3.05) is 27.2 Å². The largest absolute Gasteiger partial charge is 1.00 e. The average molecular weight is 246 g/mol. The van der Waals surface area contributed by atoms with E-state index in [4.69, 9.17) is 9.15 Å². The van der Waals surface area contributed by atoms with Gasteiger partial charge in [-0.05, 0) is 18.2 Å². The van der Waals surface area contributed by atoms with Crippen molar-refractivity contribution >= 4 is 12.0 Å². The SMILES string of the molecule is C[NH+](C)CCOC(=O)C=Cc1ccco1.[Cl-]. The van der Waals surface area contributed by atoms with Crippen molar-refractivity contribution < 1.29 is 31.3 Å². The van der Waals surface area contributed by atoms with Crippen LogP contribution in [0.1, 0.15) is 5.76 Å². The quantitative estimate of drug-likeness (QED) is 0.444.